The quantitative estimate of drug-likeness (QED) is 0.837. The Kier molecular flexibility index (Phi) is 4.26. The number of nitrogens with one attached hydrogen (secondary N) is 1. The van der Waals surface area contributed by atoms with Gasteiger partial charge in [-0.1, -0.05) is 27.7 Å². The van der Waals surface area contributed by atoms with Crippen molar-refractivity contribution in [3.63, 3.8) is 0 Å². The molecule has 1 unspecified atom stereocenters. The fourth-order valence-electron chi connectivity index (χ4n) is 2.53. The van der Waals surface area contributed by atoms with Crippen LogP contribution in [0.4, 0.5) is 4.39 Å². The maximum absolute atomic E-state index is 13.3. The summed E-state index contributed by atoms with van der Waals surface area (Å²) in [4.78, 5) is 7.43. The maximum atomic E-state index is 13.3. The molecule has 0 saturated carbocycles. The first kappa shape index (κ1) is 16.2. The van der Waals surface area contributed by atoms with Crippen LogP contribution in [0.25, 0.3) is 11.0 Å². The van der Waals surface area contributed by atoms with E-state index >= 15 is 0 Å². The summed E-state index contributed by atoms with van der Waals surface area (Å²) >= 11 is 0. The number of hydrogen-bond donors (Lipinski definition) is 1. The molecular formula is C16H23FN2OSi. The zero-order valence-electron chi connectivity index (χ0n) is 13.5. The summed E-state index contributed by atoms with van der Waals surface area (Å²) in [5.74, 6) is 0.103. The Morgan fingerprint density at radius 3 is 2.52 bits per heavy atom. The zero-order chi connectivity index (χ0) is 15.8. The Labute approximate surface area is 128 Å². The number of H-pyrrole nitrogens is 1. The van der Waals surface area contributed by atoms with Gasteiger partial charge in [-0.25, -0.2) is 9.37 Å². The number of rotatable bonds is 5. The lowest BCUT2D eigenvalue weighted by Crippen LogP contribution is -2.46. The topological polar surface area (TPSA) is 37.9 Å². The van der Waals surface area contributed by atoms with Crippen molar-refractivity contribution >= 4 is 20.8 Å². The van der Waals surface area contributed by atoms with E-state index in [4.69, 9.17) is 4.43 Å². The molecule has 2 heterocycles. The summed E-state index contributed by atoms with van der Waals surface area (Å²) in [5, 5.41) is 0.777. The smallest absolute Gasteiger partial charge is 0.227 e. The average Bonchev–Trinajstić information content (AvgIpc) is 2.81. The molecule has 0 bridgehead atoms. The first-order chi connectivity index (χ1) is 9.72. The largest absolute Gasteiger partial charge is 0.406 e. The number of halogens is 1. The predicted octanol–water partition coefficient (Wildman–Crippen LogP) is 4.28. The predicted molar refractivity (Wildman–Crippen MR) is 84.7 cm³/mol. The van der Waals surface area contributed by atoms with Crippen molar-refractivity contribution in [2.24, 2.45) is 11.3 Å². The van der Waals surface area contributed by atoms with Crippen LogP contribution in [-0.2, 0) is 10.0 Å². The van der Waals surface area contributed by atoms with Gasteiger partial charge in [-0.3, -0.25) is 0 Å². The SMILES string of the molecule is C[Si]OC(C)(c1cc2cc(F)cnc2[nH]1)C(C)(C)C(C)C. The molecule has 0 fully saturated rings. The standard InChI is InChI=1S/C16H23FN2OSi/c1-10(2)15(3,4)16(5,20-21-6)13-8-11-7-12(17)9-18-14(11)19-13/h7-10H,1-6H3,(H,18,19). The van der Waals surface area contributed by atoms with Gasteiger partial charge in [-0.05, 0) is 31.5 Å². The van der Waals surface area contributed by atoms with Gasteiger partial charge in [0.25, 0.3) is 0 Å². The first-order valence-electron chi connectivity index (χ1n) is 7.22. The van der Waals surface area contributed by atoms with Crippen LogP contribution >= 0.6 is 0 Å². The second-order valence-corrected chi connectivity index (χ2v) is 7.10. The molecule has 21 heavy (non-hydrogen) atoms. The Morgan fingerprint density at radius 2 is 1.95 bits per heavy atom. The monoisotopic (exact) mass is 306 g/mol. The van der Waals surface area contributed by atoms with Crippen LogP contribution in [0.2, 0.25) is 6.55 Å². The van der Waals surface area contributed by atoms with E-state index in [0.29, 0.717) is 21.3 Å². The third-order valence-electron chi connectivity index (χ3n) is 4.93. The third-order valence-corrected chi connectivity index (χ3v) is 5.54. The van der Waals surface area contributed by atoms with Crippen molar-refractivity contribution in [3.8, 4) is 0 Å². The Bertz CT molecular complexity index is 638. The molecular weight excluding hydrogens is 283 g/mol. The molecule has 2 radical (unpaired) electrons. The molecule has 0 aliphatic carbocycles. The van der Waals surface area contributed by atoms with Crippen molar-refractivity contribution in [1.82, 2.24) is 9.97 Å². The molecule has 0 aromatic carbocycles. The van der Waals surface area contributed by atoms with Gasteiger partial charge in [0.1, 0.15) is 11.5 Å². The Hall–Kier alpha value is -1.20. The van der Waals surface area contributed by atoms with Gasteiger partial charge < -0.3 is 9.41 Å². The van der Waals surface area contributed by atoms with Crippen LogP contribution in [0.3, 0.4) is 0 Å². The second kappa shape index (κ2) is 5.53. The molecule has 1 N–H and O–H groups in total. The molecule has 114 valence electrons. The number of hydrogen-bond acceptors (Lipinski definition) is 2. The average molecular weight is 306 g/mol. The Balaban J connectivity index is 2.59. The highest BCUT2D eigenvalue weighted by Gasteiger charge is 2.46. The highest BCUT2D eigenvalue weighted by molar-refractivity contribution is 6.25. The molecule has 2 aromatic heterocycles. The molecule has 0 spiro atoms. The summed E-state index contributed by atoms with van der Waals surface area (Å²) < 4.78 is 19.5. The number of nitrogens with zero attached hydrogens (tertiary/aromatic N) is 1. The van der Waals surface area contributed by atoms with E-state index in [-0.39, 0.29) is 11.2 Å². The van der Waals surface area contributed by atoms with E-state index in [9.17, 15) is 4.39 Å². The fourth-order valence-corrected chi connectivity index (χ4v) is 3.32. The maximum Gasteiger partial charge on any atom is 0.227 e. The van der Waals surface area contributed by atoms with Crippen LogP contribution in [0.1, 0.15) is 40.3 Å². The van der Waals surface area contributed by atoms with Gasteiger partial charge in [-0.15, -0.1) is 0 Å². The van der Waals surface area contributed by atoms with E-state index in [0.717, 1.165) is 11.1 Å². The molecule has 0 aliphatic heterocycles. The summed E-state index contributed by atoms with van der Waals surface area (Å²) in [5.41, 5.74) is 1.07. The highest BCUT2D eigenvalue weighted by Crippen LogP contribution is 2.47. The van der Waals surface area contributed by atoms with Crippen LogP contribution < -0.4 is 0 Å². The first-order valence-corrected chi connectivity index (χ1v) is 8.62. The molecule has 2 rings (SSSR count). The van der Waals surface area contributed by atoms with Gasteiger partial charge in [0.2, 0.25) is 9.76 Å². The van der Waals surface area contributed by atoms with E-state index in [1.165, 1.54) is 12.3 Å². The summed E-state index contributed by atoms with van der Waals surface area (Å²) in [6.45, 7) is 12.9. The molecule has 2 aromatic rings. The summed E-state index contributed by atoms with van der Waals surface area (Å²) in [7, 11) is 0.371. The lowest BCUT2D eigenvalue weighted by molar-refractivity contribution is -0.0608. The minimum atomic E-state index is -0.481. The van der Waals surface area contributed by atoms with Gasteiger partial charge in [-0.2, -0.15) is 0 Å². The number of fused-ring (bicyclic) bond motifs is 1. The van der Waals surface area contributed by atoms with Crippen LogP contribution in [0.5, 0.6) is 0 Å². The second-order valence-electron chi connectivity index (χ2n) is 6.49. The van der Waals surface area contributed by atoms with E-state index < -0.39 is 5.60 Å². The number of aromatic amines is 1. The van der Waals surface area contributed by atoms with Crippen molar-refractivity contribution in [2.75, 3.05) is 0 Å². The normalized spacial score (nSPS) is 15.6. The van der Waals surface area contributed by atoms with Crippen molar-refractivity contribution in [3.05, 3.63) is 29.8 Å². The van der Waals surface area contributed by atoms with Gasteiger partial charge in [0, 0.05) is 16.5 Å². The zero-order valence-corrected chi connectivity index (χ0v) is 14.5. The lowest BCUT2D eigenvalue weighted by atomic mass is 9.67. The van der Waals surface area contributed by atoms with Gasteiger partial charge >= 0.3 is 0 Å². The minimum Gasteiger partial charge on any atom is -0.406 e. The summed E-state index contributed by atoms with van der Waals surface area (Å²) in [6.07, 6.45) is 1.23. The molecule has 1 atom stereocenters. The summed E-state index contributed by atoms with van der Waals surface area (Å²) in [6, 6.07) is 3.45. The molecule has 3 nitrogen and oxygen atoms in total. The lowest BCUT2D eigenvalue weighted by Gasteiger charge is -2.46. The van der Waals surface area contributed by atoms with Gasteiger partial charge in [0.05, 0.1) is 11.8 Å². The van der Waals surface area contributed by atoms with Crippen molar-refractivity contribution in [2.45, 2.75) is 46.8 Å². The van der Waals surface area contributed by atoms with Crippen LogP contribution in [0, 0.1) is 17.2 Å². The van der Waals surface area contributed by atoms with Crippen LogP contribution in [-0.4, -0.2) is 19.7 Å². The molecule has 0 saturated heterocycles. The Morgan fingerprint density at radius 1 is 1.29 bits per heavy atom. The number of aromatic nitrogens is 2. The van der Waals surface area contributed by atoms with Gasteiger partial charge in [0.15, 0.2) is 0 Å². The van der Waals surface area contributed by atoms with E-state index in [1.54, 1.807) is 0 Å². The van der Waals surface area contributed by atoms with E-state index in [1.807, 2.05) is 12.6 Å². The van der Waals surface area contributed by atoms with Crippen molar-refractivity contribution < 1.29 is 8.82 Å². The van der Waals surface area contributed by atoms with Crippen LogP contribution in [0.15, 0.2) is 18.3 Å². The minimum absolute atomic E-state index is 0.0879. The molecule has 5 heteroatoms. The van der Waals surface area contributed by atoms with E-state index in [2.05, 4.69) is 44.6 Å². The number of pyridine rings is 1. The third kappa shape index (κ3) is 2.64. The molecule has 0 amide bonds. The highest BCUT2D eigenvalue weighted by atomic mass is 28.2. The fraction of sp³-hybridized carbons (Fsp3) is 0.562. The molecule has 0 aliphatic rings. The van der Waals surface area contributed by atoms with Crippen molar-refractivity contribution in [1.29, 1.82) is 0 Å².